The van der Waals surface area contributed by atoms with Crippen LogP contribution in [-0.2, 0) is 9.53 Å². The Morgan fingerprint density at radius 2 is 1.69 bits per heavy atom. The minimum Gasteiger partial charge on any atom is -0.485 e. The van der Waals surface area contributed by atoms with E-state index in [0.717, 1.165) is 4.90 Å². The van der Waals surface area contributed by atoms with Gasteiger partial charge >= 0.3 is 5.97 Å². The quantitative estimate of drug-likeness (QED) is 0.455. The number of hydrogen-bond acceptors (Lipinski definition) is 6. The van der Waals surface area contributed by atoms with Gasteiger partial charge in [-0.3, -0.25) is 9.59 Å². The van der Waals surface area contributed by atoms with E-state index >= 15 is 0 Å². The fourth-order valence-corrected chi connectivity index (χ4v) is 2.78. The number of Topliss-reactive ketones (excluding diaryl/α,β-unsaturated/α-hetero) is 1. The lowest BCUT2D eigenvalue weighted by molar-refractivity contribution is -0.114. The van der Waals surface area contributed by atoms with Crippen molar-refractivity contribution in [3.8, 4) is 5.75 Å². The van der Waals surface area contributed by atoms with Crippen LogP contribution in [0.1, 0.15) is 27.6 Å². The fourth-order valence-electron chi connectivity index (χ4n) is 2.19. The average Bonchev–Trinajstić information content (AvgIpc) is 2.65. The summed E-state index contributed by atoms with van der Waals surface area (Å²) in [5.41, 5.74) is 1.57. The number of ether oxygens (including phenoxy) is 2. The molecular formula is C19H19NO5S. The monoisotopic (exact) mass is 373 g/mol. The number of hydrogen-bond donors (Lipinski definition) is 1. The molecule has 0 saturated heterocycles. The number of amides is 1. The molecule has 1 amide bonds. The highest BCUT2D eigenvalue weighted by molar-refractivity contribution is 7.98. The summed E-state index contributed by atoms with van der Waals surface area (Å²) in [5.74, 6) is -0.313. The van der Waals surface area contributed by atoms with Gasteiger partial charge in [0.25, 0.3) is 0 Å². The molecular weight excluding hydrogens is 354 g/mol. The van der Waals surface area contributed by atoms with Gasteiger partial charge in [0.15, 0.2) is 12.4 Å². The number of carbonyl (C=O) groups excluding carboxylic acids is 3. The molecule has 0 fully saturated rings. The van der Waals surface area contributed by atoms with Gasteiger partial charge in [-0.25, -0.2) is 4.79 Å². The molecule has 0 heterocycles. The van der Waals surface area contributed by atoms with Gasteiger partial charge in [0.2, 0.25) is 5.91 Å². The van der Waals surface area contributed by atoms with Crippen molar-refractivity contribution in [1.29, 1.82) is 0 Å². The summed E-state index contributed by atoms with van der Waals surface area (Å²) in [6, 6.07) is 11.4. The van der Waals surface area contributed by atoms with Crippen LogP contribution in [0.25, 0.3) is 0 Å². The molecule has 6 nitrogen and oxygen atoms in total. The molecule has 0 aliphatic heterocycles. The van der Waals surface area contributed by atoms with Gasteiger partial charge < -0.3 is 14.8 Å². The van der Waals surface area contributed by atoms with Crippen LogP contribution in [0.5, 0.6) is 5.75 Å². The van der Waals surface area contributed by atoms with Gasteiger partial charge in [0.1, 0.15) is 5.75 Å². The maximum absolute atomic E-state index is 12.3. The number of esters is 1. The fraction of sp³-hybridized carbons (Fsp3) is 0.211. The lowest BCUT2D eigenvalue weighted by Crippen LogP contribution is -2.13. The van der Waals surface area contributed by atoms with Crippen molar-refractivity contribution in [2.24, 2.45) is 0 Å². The highest BCUT2D eigenvalue weighted by Crippen LogP contribution is 2.27. The third kappa shape index (κ3) is 5.10. The Labute approximate surface area is 155 Å². The van der Waals surface area contributed by atoms with Gasteiger partial charge in [0, 0.05) is 17.4 Å². The van der Waals surface area contributed by atoms with E-state index in [2.05, 4.69) is 10.1 Å². The molecule has 0 saturated carbocycles. The van der Waals surface area contributed by atoms with E-state index in [1.54, 1.807) is 42.5 Å². The lowest BCUT2D eigenvalue weighted by Gasteiger charge is -2.10. The van der Waals surface area contributed by atoms with Crippen molar-refractivity contribution >= 4 is 35.1 Å². The van der Waals surface area contributed by atoms with E-state index in [1.807, 2.05) is 6.26 Å². The van der Waals surface area contributed by atoms with Crippen LogP contribution in [0.3, 0.4) is 0 Å². The number of methoxy groups -OCH3 is 1. The Bertz CT molecular complexity index is 817. The first-order valence-corrected chi connectivity index (χ1v) is 8.97. The van der Waals surface area contributed by atoms with Crippen LogP contribution in [0.4, 0.5) is 5.69 Å². The summed E-state index contributed by atoms with van der Waals surface area (Å²) in [6.45, 7) is 1.30. The highest BCUT2D eigenvalue weighted by Gasteiger charge is 2.12. The van der Waals surface area contributed by atoms with E-state index < -0.39 is 5.97 Å². The van der Waals surface area contributed by atoms with Crippen molar-refractivity contribution < 1.29 is 23.9 Å². The van der Waals surface area contributed by atoms with Crippen molar-refractivity contribution in [2.75, 3.05) is 25.3 Å². The van der Waals surface area contributed by atoms with Gasteiger partial charge in [-0.05, 0) is 48.7 Å². The molecule has 0 unspecified atom stereocenters. The molecule has 0 aliphatic rings. The Morgan fingerprint density at radius 1 is 1.04 bits per heavy atom. The maximum atomic E-state index is 12.3. The van der Waals surface area contributed by atoms with Gasteiger partial charge in [-0.15, -0.1) is 11.8 Å². The van der Waals surface area contributed by atoms with E-state index in [0.29, 0.717) is 22.6 Å². The molecule has 0 spiro atoms. The summed E-state index contributed by atoms with van der Waals surface area (Å²) >= 11 is 1.44. The number of carbonyl (C=O) groups is 3. The Kier molecular flexibility index (Phi) is 6.80. The summed E-state index contributed by atoms with van der Waals surface area (Å²) in [4.78, 5) is 35.7. The van der Waals surface area contributed by atoms with Gasteiger partial charge in [-0.1, -0.05) is 0 Å². The standard InChI is InChI=1S/C19H19NO5S/c1-12(21)20-16-9-6-14(10-18(16)26-3)17(22)11-25-15-7-4-13(5-8-15)19(23)24-2/h4-10H,11H2,1-3H3,(H,20,21). The smallest absolute Gasteiger partial charge is 0.337 e. The largest absolute Gasteiger partial charge is 0.485 e. The molecule has 2 aromatic carbocycles. The van der Waals surface area contributed by atoms with Crippen LogP contribution in [-0.4, -0.2) is 37.6 Å². The first kappa shape index (κ1) is 19.5. The van der Waals surface area contributed by atoms with Gasteiger partial charge in [0.05, 0.1) is 18.4 Å². The normalized spacial score (nSPS) is 10.1. The predicted molar refractivity (Wildman–Crippen MR) is 100 cm³/mol. The topological polar surface area (TPSA) is 81.7 Å². The Balaban J connectivity index is 2.03. The van der Waals surface area contributed by atoms with Crippen LogP contribution in [0.15, 0.2) is 47.4 Å². The van der Waals surface area contributed by atoms with Crippen molar-refractivity contribution in [2.45, 2.75) is 11.8 Å². The first-order valence-electron chi connectivity index (χ1n) is 7.74. The second-order valence-electron chi connectivity index (χ2n) is 5.32. The van der Waals surface area contributed by atoms with Crippen molar-refractivity contribution in [3.63, 3.8) is 0 Å². The zero-order chi connectivity index (χ0) is 19.1. The second kappa shape index (κ2) is 9.05. The van der Waals surface area contributed by atoms with Crippen LogP contribution < -0.4 is 10.1 Å². The SMILES string of the molecule is COC(=O)c1ccc(OCC(=O)c2ccc(NC(C)=O)c(SC)c2)cc1. The minimum absolute atomic E-state index is 0.134. The summed E-state index contributed by atoms with van der Waals surface area (Å²) in [5, 5.41) is 2.73. The minimum atomic E-state index is -0.434. The summed E-state index contributed by atoms with van der Waals surface area (Å²) < 4.78 is 10.1. The number of ketones is 1. The van der Waals surface area contributed by atoms with Crippen LogP contribution >= 0.6 is 11.8 Å². The molecule has 26 heavy (non-hydrogen) atoms. The van der Waals surface area contributed by atoms with Crippen LogP contribution in [0.2, 0.25) is 0 Å². The number of thioether (sulfide) groups is 1. The second-order valence-corrected chi connectivity index (χ2v) is 6.17. The molecule has 1 N–H and O–H groups in total. The van der Waals surface area contributed by atoms with E-state index in [4.69, 9.17) is 4.74 Å². The molecule has 0 aliphatic carbocycles. The van der Waals surface area contributed by atoms with Crippen molar-refractivity contribution in [3.05, 3.63) is 53.6 Å². The van der Waals surface area contributed by atoms with E-state index in [-0.39, 0.29) is 18.3 Å². The maximum Gasteiger partial charge on any atom is 0.337 e. The van der Waals surface area contributed by atoms with Crippen molar-refractivity contribution in [1.82, 2.24) is 0 Å². The molecule has 0 atom stereocenters. The zero-order valence-electron chi connectivity index (χ0n) is 14.7. The van der Waals surface area contributed by atoms with Gasteiger partial charge in [-0.2, -0.15) is 0 Å². The average molecular weight is 373 g/mol. The Morgan fingerprint density at radius 3 is 2.27 bits per heavy atom. The predicted octanol–water partition coefficient (Wildman–Crippen LogP) is 3.42. The number of anilines is 1. The Hall–Kier alpha value is -2.80. The van der Waals surface area contributed by atoms with Crippen LogP contribution in [0, 0.1) is 0 Å². The molecule has 0 radical (unpaired) electrons. The van der Waals surface area contributed by atoms with E-state index in [1.165, 1.54) is 25.8 Å². The van der Waals surface area contributed by atoms with E-state index in [9.17, 15) is 14.4 Å². The lowest BCUT2D eigenvalue weighted by atomic mass is 10.1. The highest BCUT2D eigenvalue weighted by atomic mass is 32.2. The number of nitrogens with one attached hydrogen (secondary N) is 1. The zero-order valence-corrected chi connectivity index (χ0v) is 15.5. The molecule has 2 aromatic rings. The molecule has 136 valence electrons. The third-order valence-electron chi connectivity index (χ3n) is 3.48. The number of benzene rings is 2. The summed E-state index contributed by atoms with van der Waals surface area (Å²) in [7, 11) is 1.31. The number of rotatable bonds is 7. The molecule has 7 heteroatoms. The molecule has 2 rings (SSSR count). The first-order chi connectivity index (χ1) is 12.4. The molecule has 0 aromatic heterocycles. The summed E-state index contributed by atoms with van der Waals surface area (Å²) in [6.07, 6.45) is 1.87. The molecule has 0 bridgehead atoms. The third-order valence-corrected chi connectivity index (χ3v) is 4.26.